The Morgan fingerprint density at radius 2 is 1.24 bits per heavy atom. The molecule has 234 valence electrons. The number of ether oxygens (including phenoxy) is 4. The Bertz CT molecular complexity index is 1850. The molecule has 4 aromatic carbocycles. The second kappa shape index (κ2) is 13.1. The number of fused-ring (bicyclic) bond motifs is 1. The Kier molecular flexibility index (Phi) is 8.82. The lowest BCUT2D eigenvalue weighted by Crippen LogP contribution is -2.40. The first-order chi connectivity index (χ1) is 22.2. The van der Waals surface area contributed by atoms with Crippen LogP contribution in [0, 0.1) is 0 Å². The molecule has 0 unspecified atom stereocenters. The van der Waals surface area contributed by atoms with Gasteiger partial charge in [0.2, 0.25) is 0 Å². The molecule has 0 bridgehead atoms. The van der Waals surface area contributed by atoms with Gasteiger partial charge in [0.15, 0.2) is 18.3 Å². The van der Waals surface area contributed by atoms with Gasteiger partial charge in [0, 0.05) is 0 Å². The van der Waals surface area contributed by atoms with Crippen LogP contribution >= 0.6 is 11.3 Å². The minimum absolute atomic E-state index is 0.0587. The van der Waals surface area contributed by atoms with Crippen molar-refractivity contribution in [2.24, 2.45) is 0 Å². The van der Waals surface area contributed by atoms with E-state index in [1.165, 1.54) is 30.3 Å². The Labute approximate surface area is 264 Å². The maximum atomic E-state index is 13.4. The van der Waals surface area contributed by atoms with Crippen LogP contribution in [-0.4, -0.2) is 47.8 Å². The van der Waals surface area contributed by atoms with Crippen molar-refractivity contribution in [2.75, 3.05) is 6.61 Å². The predicted octanol–water partition coefficient (Wildman–Crippen LogP) is 7.06. The van der Waals surface area contributed by atoms with Crippen LogP contribution in [0.4, 0.5) is 13.2 Å². The van der Waals surface area contributed by atoms with E-state index in [0.717, 1.165) is 23.5 Å². The highest BCUT2D eigenvalue weighted by Crippen LogP contribution is 2.42. The Morgan fingerprint density at radius 1 is 0.717 bits per heavy atom. The van der Waals surface area contributed by atoms with Crippen molar-refractivity contribution in [2.45, 2.75) is 30.6 Å². The molecule has 0 radical (unpaired) electrons. The fourth-order valence-electron chi connectivity index (χ4n) is 4.92. The fraction of sp³-hybridized carbons (Fsp3) is 0.176. The SMILES string of the molecule is O=C(OC[C@H]1O[C@@H](c2nc3cc(C(F)(F)F)ccc3s2)[C@H](OC(=O)c2ccccc2)[C@@H]1OC(=O)c1ccccc1)c1ccccc1. The van der Waals surface area contributed by atoms with Crippen LogP contribution in [0.3, 0.4) is 0 Å². The average molecular weight is 648 g/mol. The maximum Gasteiger partial charge on any atom is 0.416 e. The van der Waals surface area contributed by atoms with E-state index in [1.807, 2.05) is 0 Å². The number of carbonyl (C=O) groups is 3. The Balaban J connectivity index is 1.37. The standard InChI is InChI=1S/C34H24F3NO7S/c35-34(36,37)23-16-17-26-24(18-23)38-30(46-26)29-28(45-33(41)22-14-8-3-9-15-22)27(44-32(40)21-12-6-2-7-13-21)25(43-29)19-42-31(39)20-10-4-1-5-11-20/h1-18,25,27-29H,19H2/t25-,27-,28-,29-/m1/s1. The lowest BCUT2D eigenvalue weighted by atomic mass is 10.1. The monoisotopic (exact) mass is 647 g/mol. The van der Waals surface area contributed by atoms with E-state index in [9.17, 15) is 27.6 Å². The number of alkyl halides is 3. The first kappa shape index (κ1) is 30.9. The van der Waals surface area contributed by atoms with E-state index in [-0.39, 0.29) is 27.2 Å². The van der Waals surface area contributed by atoms with E-state index in [4.69, 9.17) is 18.9 Å². The molecule has 1 aliphatic rings. The molecule has 8 nitrogen and oxygen atoms in total. The molecule has 4 atom stereocenters. The smallest absolute Gasteiger partial charge is 0.416 e. The zero-order valence-corrected chi connectivity index (χ0v) is 24.6. The first-order valence-electron chi connectivity index (χ1n) is 14.0. The van der Waals surface area contributed by atoms with Crippen LogP contribution in [0.25, 0.3) is 10.2 Å². The summed E-state index contributed by atoms with van der Waals surface area (Å²) in [6, 6.07) is 27.5. The van der Waals surface area contributed by atoms with Gasteiger partial charge in [0.05, 0.1) is 32.5 Å². The molecule has 1 aliphatic heterocycles. The van der Waals surface area contributed by atoms with Crippen molar-refractivity contribution >= 4 is 39.5 Å². The van der Waals surface area contributed by atoms with E-state index in [0.29, 0.717) is 4.70 Å². The highest BCUT2D eigenvalue weighted by Gasteiger charge is 2.52. The normalized spacial score (nSPS) is 19.5. The zero-order valence-electron chi connectivity index (χ0n) is 23.8. The molecule has 1 aromatic heterocycles. The summed E-state index contributed by atoms with van der Waals surface area (Å²) in [5, 5.41) is 0.179. The summed E-state index contributed by atoms with van der Waals surface area (Å²) < 4.78 is 64.3. The van der Waals surface area contributed by atoms with E-state index in [1.54, 1.807) is 66.7 Å². The van der Waals surface area contributed by atoms with Crippen LogP contribution in [0.15, 0.2) is 109 Å². The lowest BCUT2D eigenvalue weighted by molar-refractivity contribution is -0.137. The quantitative estimate of drug-likeness (QED) is 0.130. The lowest BCUT2D eigenvalue weighted by Gasteiger charge is -2.24. The molecule has 2 heterocycles. The van der Waals surface area contributed by atoms with Gasteiger partial charge in [0.1, 0.15) is 17.7 Å². The molecule has 6 rings (SSSR count). The molecule has 46 heavy (non-hydrogen) atoms. The van der Waals surface area contributed by atoms with Gasteiger partial charge < -0.3 is 18.9 Å². The summed E-state index contributed by atoms with van der Waals surface area (Å²) in [6.07, 6.45) is -9.53. The molecule has 0 N–H and O–H groups in total. The van der Waals surface area contributed by atoms with Crippen molar-refractivity contribution in [3.63, 3.8) is 0 Å². The summed E-state index contributed by atoms with van der Waals surface area (Å²) in [4.78, 5) is 43.8. The van der Waals surface area contributed by atoms with Gasteiger partial charge in [0.25, 0.3) is 0 Å². The maximum absolute atomic E-state index is 13.4. The summed E-state index contributed by atoms with van der Waals surface area (Å²) in [5.74, 6) is -2.19. The number of thiazole rings is 1. The van der Waals surface area contributed by atoms with Crippen LogP contribution in [0.5, 0.6) is 0 Å². The largest absolute Gasteiger partial charge is 0.459 e. The summed E-state index contributed by atoms with van der Waals surface area (Å²) in [6.45, 7) is -0.403. The fourth-order valence-corrected chi connectivity index (χ4v) is 5.94. The molecular weight excluding hydrogens is 623 g/mol. The zero-order chi connectivity index (χ0) is 32.3. The third-order valence-electron chi connectivity index (χ3n) is 7.18. The molecule has 0 aliphatic carbocycles. The molecule has 0 amide bonds. The Morgan fingerprint density at radius 3 is 1.78 bits per heavy atom. The minimum atomic E-state index is -4.58. The second-order valence-electron chi connectivity index (χ2n) is 10.3. The van der Waals surface area contributed by atoms with Crippen molar-refractivity contribution in [3.05, 3.63) is 136 Å². The number of aromatic nitrogens is 1. The first-order valence-corrected chi connectivity index (χ1v) is 14.9. The molecule has 0 spiro atoms. The third-order valence-corrected chi connectivity index (χ3v) is 8.28. The number of benzene rings is 4. The van der Waals surface area contributed by atoms with E-state index < -0.39 is 60.7 Å². The van der Waals surface area contributed by atoms with Crippen LogP contribution < -0.4 is 0 Å². The number of rotatable bonds is 8. The Hall–Kier alpha value is -5.07. The van der Waals surface area contributed by atoms with Gasteiger partial charge in [-0.15, -0.1) is 11.3 Å². The van der Waals surface area contributed by atoms with E-state index >= 15 is 0 Å². The topological polar surface area (TPSA) is 101 Å². The minimum Gasteiger partial charge on any atom is -0.459 e. The molecule has 1 saturated heterocycles. The summed E-state index contributed by atoms with van der Waals surface area (Å²) >= 11 is 1.04. The molecule has 1 fully saturated rings. The average Bonchev–Trinajstić information content (AvgIpc) is 3.65. The van der Waals surface area contributed by atoms with Crippen molar-refractivity contribution in [1.29, 1.82) is 0 Å². The van der Waals surface area contributed by atoms with Crippen molar-refractivity contribution in [1.82, 2.24) is 4.98 Å². The molecular formula is C34H24F3NO7S. The number of nitrogens with zero attached hydrogens (tertiary/aromatic N) is 1. The number of hydrogen-bond acceptors (Lipinski definition) is 9. The third kappa shape index (κ3) is 6.77. The van der Waals surface area contributed by atoms with Crippen molar-refractivity contribution in [3.8, 4) is 0 Å². The molecule has 12 heteroatoms. The van der Waals surface area contributed by atoms with Gasteiger partial charge in [-0.1, -0.05) is 54.6 Å². The van der Waals surface area contributed by atoms with Gasteiger partial charge in [-0.2, -0.15) is 13.2 Å². The summed E-state index contributed by atoms with van der Waals surface area (Å²) in [7, 11) is 0. The van der Waals surface area contributed by atoms with Gasteiger partial charge in [-0.05, 0) is 54.6 Å². The van der Waals surface area contributed by atoms with E-state index in [2.05, 4.69) is 4.98 Å². The predicted molar refractivity (Wildman–Crippen MR) is 160 cm³/mol. The number of carbonyl (C=O) groups excluding carboxylic acids is 3. The summed E-state index contributed by atoms with van der Waals surface area (Å²) in [5.41, 5.74) is -0.139. The van der Waals surface area contributed by atoms with Crippen LogP contribution in [-0.2, 0) is 25.1 Å². The number of esters is 3. The van der Waals surface area contributed by atoms with Crippen LogP contribution in [0.2, 0.25) is 0 Å². The van der Waals surface area contributed by atoms with Gasteiger partial charge in [-0.3, -0.25) is 0 Å². The molecule has 0 saturated carbocycles. The van der Waals surface area contributed by atoms with Gasteiger partial charge in [-0.25, -0.2) is 19.4 Å². The van der Waals surface area contributed by atoms with Crippen molar-refractivity contribution < 1.29 is 46.5 Å². The number of hydrogen-bond donors (Lipinski definition) is 0. The van der Waals surface area contributed by atoms with Gasteiger partial charge >= 0.3 is 24.1 Å². The number of halogens is 3. The highest BCUT2D eigenvalue weighted by molar-refractivity contribution is 7.18. The van der Waals surface area contributed by atoms with Crippen LogP contribution in [0.1, 0.15) is 47.7 Å². The highest BCUT2D eigenvalue weighted by atomic mass is 32.1. The second-order valence-corrected chi connectivity index (χ2v) is 11.3. The molecule has 5 aromatic rings.